The molecule has 0 aliphatic carbocycles. The average Bonchev–Trinajstić information content (AvgIpc) is 3.01. The summed E-state index contributed by atoms with van der Waals surface area (Å²) >= 11 is 0. The number of rotatable bonds is 12. The van der Waals surface area contributed by atoms with Crippen molar-refractivity contribution in [3.05, 3.63) is 53.6 Å². The minimum atomic E-state index is -5.77. The zero-order valence-corrected chi connectivity index (χ0v) is 24.7. The number of guanidine groups is 1. The Hall–Kier alpha value is -5.56. The van der Waals surface area contributed by atoms with Crippen LogP contribution in [0.25, 0.3) is 0 Å². The smallest absolute Gasteiger partial charge is 0.458 e. The number of hydrogen-bond donors (Lipinski definition) is 5. The van der Waals surface area contributed by atoms with E-state index in [4.69, 9.17) is 46.3 Å². The maximum Gasteiger partial charge on any atom is 0.458 e. The van der Waals surface area contributed by atoms with Crippen molar-refractivity contribution in [1.82, 2.24) is 4.90 Å². The predicted octanol–water partition coefficient (Wildman–Crippen LogP) is 2.66. The van der Waals surface area contributed by atoms with Crippen molar-refractivity contribution in [1.29, 1.82) is 10.8 Å². The molecule has 20 heteroatoms. The summed E-state index contributed by atoms with van der Waals surface area (Å²) in [6.07, 6.45) is -10.0. The third-order valence-corrected chi connectivity index (χ3v) is 6.08. The Morgan fingerprint density at radius 3 is 1.83 bits per heavy atom. The van der Waals surface area contributed by atoms with E-state index in [0.717, 1.165) is 12.8 Å². The standard InChI is InChI=1S/C24H29N5O7.C4F6O2/c25-22(26)16-3-6-19(35-14-21(30)31)20(13-16)33-11-12-34-23(32)15-1-4-17(5-2-15)36-18-7-9-29(10-8-18)24(27)28;5-3(6,7)1(11)2(12)4(8,9)10/h1-6,13,18H,7-12,14H2,(H3,25,26)(H3,27,28)(H,30,31);. The first kappa shape index (κ1) is 38.6. The van der Waals surface area contributed by atoms with Gasteiger partial charge < -0.3 is 40.4 Å². The van der Waals surface area contributed by atoms with Crippen LogP contribution in [0.4, 0.5) is 26.3 Å². The van der Waals surface area contributed by atoms with Crippen LogP contribution in [0.1, 0.15) is 28.8 Å². The largest absolute Gasteiger partial charge is 0.490 e. The molecule has 2 aromatic rings. The lowest BCUT2D eigenvalue weighted by Gasteiger charge is -2.32. The van der Waals surface area contributed by atoms with Crippen LogP contribution in [0.2, 0.25) is 0 Å². The molecule has 0 atom stereocenters. The molecule has 0 spiro atoms. The molecule has 262 valence electrons. The Morgan fingerprint density at radius 1 is 0.812 bits per heavy atom. The van der Waals surface area contributed by atoms with Crippen molar-refractivity contribution in [3.63, 3.8) is 0 Å². The van der Waals surface area contributed by atoms with E-state index in [-0.39, 0.29) is 42.6 Å². The van der Waals surface area contributed by atoms with Gasteiger partial charge in [0.05, 0.1) is 5.56 Å². The number of nitrogens with one attached hydrogen (secondary N) is 2. The number of esters is 1. The highest BCUT2D eigenvalue weighted by Gasteiger charge is 2.54. The van der Waals surface area contributed by atoms with Gasteiger partial charge in [0, 0.05) is 31.5 Å². The maximum atomic E-state index is 12.4. The normalized spacial score (nSPS) is 13.3. The molecule has 1 aliphatic heterocycles. The topological polar surface area (TPSA) is 228 Å². The third kappa shape index (κ3) is 12.3. The molecule has 1 fully saturated rings. The lowest BCUT2D eigenvalue weighted by atomic mass is 10.1. The van der Waals surface area contributed by atoms with E-state index in [1.54, 1.807) is 29.2 Å². The lowest BCUT2D eigenvalue weighted by Crippen LogP contribution is -2.44. The van der Waals surface area contributed by atoms with Gasteiger partial charge in [-0.1, -0.05) is 0 Å². The molecule has 0 amide bonds. The number of amidine groups is 1. The Morgan fingerprint density at radius 2 is 1.35 bits per heavy atom. The summed E-state index contributed by atoms with van der Waals surface area (Å²) in [5.74, 6) is -7.66. The van der Waals surface area contributed by atoms with Crippen LogP contribution in [-0.2, 0) is 19.1 Å². The van der Waals surface area contributed by atoms with Crippen molar-refractivity contribution in [3.8, 4) is 17.2 Å². The van der Waals surface area contributed by atoms with Crippen LogP contribution in [0.15, 0.2) is 42.5 Å². The van der Waals surface area contributed by atoms with Gasteiger partial charge in [-0.25, -0.2) is 9.59 Å². The number of ketones is 2. The van der Waals surface area contributed by atoms with Crippen LogP contribution < -0.4 is 25.7 Å². The Balaban J connectivity index is 0.000000567. The zero-order valence-electron chi connectivity index (χ0n) is 24.7. The van der Waals surface area contributed by atoms with E-state index >= 15 is 0 Å². The summed E-state index contributed by atoms with van der Waals surface area (Å²) in [6, 6.07) is 11.0. The molecule has 2 aromatic carbocycles. The number of carbonyl (C=O) groups excluding carboxylic acids is 3. The van der Waals surface area contributed by atoms with Gasteiger partial charge in [0.1, 0.15) is 30.9 Å². The van der Waals surface area contributed by atoms with Gasteiger partial charge in [-0.05, 0) is 42.5 Å². The monoisotopic (exact) mass is 693 g/mol. The van der Waals surface area contributed by atoms with Gasteiger partial charge >= 0.3 is 35.9 Å². The van der Waals surface area contributed by atoms with Crippen molar-refractivity contribution in [2.45, 2.75) is 31.3 Å². The molecule has 3 rings (SSSR count). The summed E-state index contributed by atoms with van der Waals surface area (Å²) in [6.45, 7) is 0.657. The average molecular weight is 694 g/mol. The number of likely N-dealkylation sites (tertiary alicyclic amines) is 1. The van der Waals surface area contributed by atoms with Gasteiger partial charge in [0.15, 0.2) is 24.1 Å². The molecule has 0 saturated carbocycles. The highest BCUT2D eigenvalue weighted by Crippen LogP contribution is 2.29. The van der Waals surface area contributed by atoms with Crippen molar-refractivity contribution >= 4 is 35.3 Å². The second kappa shape index (κ2) is 16.8. The SMILES string of the molecule is N=C(N)c1ccc(OCC(=O)O)c(OCCOC(=O)c2ccc(OC3CCN(C(=N)N)CC3)cc2)c1.O=C(C(=O)C(F)(F)F)C(F)(F)F. The quantitative estimate of drug-likeness (QED) is 0.0540. The molecule has 14 nitrogen and oxygen atoms in total. The fraction of sp³-hybridized carbons (Fsp3) is 0.357. The van der Waals surface area contributed by atoms with Gasteiger partial charge in [-0.3, -0.25) is 20.4 Å². The minimum Gasteiger partial charge on any atom is -0.490 e. The van der Waals surface area contributed by atoms with Gasteiger partial charge in [0.2, 0.25) is 0 Å². The molecule has 0 aromatic heterocycles. The van der Waals surface area contributed by atoms with E-state index in [1.165, 1.54) is 18.2 Å². The highest BCUT2D eigenvalue weighted by atomic mass is 19.4. The second-order valence-corrected chi connectivity index (χ2v) is 9.61. The van der Waals surface area contributed by atoms with E-state index in [0.29, 0.717) is 30.0 Å². The number of nitrogens with two attached hydrogens (primary N) is 2. The molecule has 0 radical (unpaired) electrons. The third-order valence-electron chi connectivity index (χ3n) is 6.08. The van der Waals surface area contributed by atoms with E-state index in [2.05, 4.69) is 0 Å². The highest BCUT2D eigenvalue weighted by molar-refractivity contribution is 6.41. The molecule has 1 aliphatic rings. The summed E-state index contributed by atoms with van der Waals surface area (Å²) in [4.78, 5) is 44.2. The van der Waals surface area contributed by atoms with Gasteiger partial charge in [-0.15, -0.1) is 0 Å². The molecular weight excluding hydrogens is 664 g/mol. The van der Waals surface area contributed by atoms with Gasteiger partial charge in [0.25, 0.3) is 0 Å². The molecule has 7 N–H and O–H groups in total. The number of nitrogens with zero attached hydrogens (tertiary/aromatic N) is 1. The zero-order chi connectivity index (χ0) is 36.2. The van der Waals surface area contributed by atoms with Crippen LogP contribution in [0.5, 0.6) is 17.2 Å². The van der Waals surface area contributed by atoms with E-state index in [1.807, 2.05) is 0 Å². The molecule has 48 heavy (non-hydrogen) atoms. The first-order chi connectivity index (χ1) is 22.3. The maximum absolute atomic E-state index is 12.4. The predicted molar refractivity (Wildman–Crippen MR) is 152 cm³/mol. The Kier molecular flexibility index (Phi) is 13.5. The summed E-state index contributed by atoms with van der Waals surface area (Å²) in [7, 11) is 0. The summed E-state index contributed by atoms with van der Waals surface area (Å²) < 4.78 is 88.9. The number of hydrogen-bond acceptors (Lipinski definition) is 10. The van der Waals surface area contributed by atoms with Crippen LogP contribution in [0.3, 0.4) is 0 Å². The number of piperidine rings is 1. The minimum absolute atomic E-state index is 0.0152. The number of halogens is 6. The van der Waals surface area contributed by atoms with Crippen LogP contribution >= 0.6 is 0 Å². The number of carbonyl (C=O) groups is 4. The number of ether oxygens (including phenoxy) is 4. The Labute approximate surface area is 267 Å². The fourth-order valence-corrected chi connectivity index (χ4v) is 3.75. The van der Waals surface area contributed by atoms with E-state index < -0.39 is 42.5 Å². The lowest BCUT2D eigenvalue weighted by molar-refractivity contribution is -0.193. The van der Waals surface area contributed by atoms with Crippen molar-refractivity contribution in [2.75, 3.05) is 32.9 Å². The van der Waals surface area contributed by atoms with Crippen LogP contribution in [-0.4, -0.2) is 96.7 Å². The number of aliphatic carboxylic acids is 1. The molecular formula is C28H29F6N5O9. The summed E-state index contributed by atoms with van der Waals surface area (Å²) in [5.41, 5.74) is 11.7. The number of nitrogen functional groups attached to an aromatic ring is 1. The van der Waals surface area contributed by atoms with Gasteiger partial charge in [-0.2, -0.15) is 26.3 Å². The number of Topliss-reactive ketones (excluding diaryl/α,β-unsaturated/α-hetero) is 2. The van der Waals surface area contributed by atoms with Crippen LogP contribution in [0, 0.1) is 10.8 Å². The van der Waals surface area contributed by atoms with Crippen molar-refractivity contribution < 1.29 is 69.6 Å². The summed E-state index contributed by atoms with van der Waals surface area (Å²) in [5, 5.41) is 23.8. The number of carboxylic acids is 1. The molecule has 0 unspecified atom stereocenters. The Bertz CT molecular complexity index is 1470. The number of alkyl halides is 6. The first-order valence-corrected chi connectivity index (χ1v) is 13.5. The molecule has 1 heterocycles. The molecule has 0 bridgehead atoms. The second-order valence-electron chi connectivity index (χ2n) is 9.61. The number of carboxylic acid groups (broad SMARTS) is 1. The fourth-order valence-electron chi connectivity index (χ4n) is 3.75. The number of benzene rings is 2. The van der Waals surface area contributed by atoms with E-state index in [9.17, 15) is 45.5 Å². The van der Waals surface area contributed by atoms with Crippen molar-refractivity contribution in [2.24, 2.45) is 11.5 Å². The molecule has 1 saturated heterocycles. The first-order valence-electron chi connectivity index (χ1n) is 13.5.